The summed E-state index contributed by atoms with van der Waals surface area (Å²) in [6.45, 7) is 2.63. The number of unbranched alkanes of at least 4 members (excludes halogenated alkanes) is 1. The first kappa shape index (κ1) is 41.2. The van der Waals surface area contributed by atoms with Gasteiger partial charge >= 0.3 is 18.2 Å². The molecule has 1 aliphatic carbocycles. The molecule has 7 rings (SSSR count). The maximum Gasteiger partial charge on any atom is 0.490 e. The van der Waals surface area contributed by atoms with E-state index >= 15 is 0 Å². The molecule has 302 valence electrons. The molecular formula is C43H42F3N5O7. The molecule has 2 heterocycles. The molecule has 0 spiro atoms. The van der Waals surface area contributed by atoms with E-state index in [4.69, 9.17) is 20.4 Å². The third-order valence-corrected chi connectivity index (χ3v) is 10.3. The Kier molecular flexibility index (Phi) is 12.6. The second-order valence-corrected chi connectivity index (χ2v) is 14.1. The number of anilines is 1. The first-order valence-corrected chi connectivity index (χ1v) is 18.7. The van der Waals surface area contributed by atoms with Gasteiger partial charge in [-0.3, -0.25) is 19.3 Å². The second kappa shape index (κ2) is 17.8. The average Bonchev–Trinajstić information content (AvgIpc) is 3.52. The van der Waals surface area contributed by atoms with Gasteiger partial charge in [-0.1, -0.05) is 78.9 Å². The van der Waals surface area contributed by atoms with Gasteiger partial charge in [0.05, 0.1) is 12.1 Å². The number of H-pyrrole nitrogens is 1. The standard InChI is InChI=1S/C41H41N5O5.C2HF3O2/c1-25-20-38(47)44-36-22-28(17-18-29(25)36)43-39(48)35(16-8-9-19-42)45-40(49)37-21-26-10-2-3-11-27(26)23-46(37)41(50)51-24-34-32-14-6-4-12-30(32)31-13-5-7-15-33(31)34;3-2(4,5)1(6)7/h2-7,10-15,17-18,20,22,34-35,37H,8-9,16,19,21,23-24,42H2,1H3,(H,43,48)(H,44,47)(H,45,49);(H,6,7)/t35-,37-;/m0./s1. The summed E-state index contributed by atoms with van der Waals surface area (Å²) < 4.78 is 37.8. The lowest BCUT2D eigenvalue weighted by atomic mass is 9.93. The van der Waals surface area contributed by atoms with Crippen molar-refractivity contribution >= 4 is 40.5 Å². The molecule has 1 aliphatic heterocycles. The fraction of sp³-hybridized carbons (Fsp3) is 0.279. The van der Waals surface area contributed by atoms with Crippen molar-refractivity contribution in [3.05, 3.63) is 135 Å². The van der Waals surface area contributed by atoms with Crippen molar-refractivity contribution in [3.63, 3.8) is 0 Å². The number of carbonyl (C=O) groups excluding carboxylic acids is 3. The SMILES string of the molecule is Cc1cc(=O)[nH]c2cc(NC(=O)[C@H](CCCCN)NC(=O)[C@@H]3Cc4ccccc4CN3C(=O)OCC3c4ccccc4-c4ccccc43)ccc12.O=C(O)C(F)(F)F. The Bertz CT molecular complexity index is 2350. The molecule has 0 saturated heterocycles. The van der Waals surface area contributed by atoms with Crippen LogP contribution in [-0.2, 0) is 32.1 Å². The number of carbonyl (C=O) groups is 4. The topological polar surface area (TPSA) is 184 Å². The molecule has 6 N–H and O–H groups in total. The average molecular weight is 798 g/mol. The van der Waals surface area contributed by atoms with Crippen LogP contribution >= 0.6 is 0 Å². The van der Waals surface area contributed by atoms with Crippen molar-refractivity contribution in [3.8, 4) is 11.1 Å². The first-order valence-electron chi connectivity index (χ1n) is 18.7. The van der Waals surface area contributed by atoms with Gasteiger partial charge in [-0.2, -0.15) is 13.2 Å². The molecule has 2 atom stereocenters. The number of fused-ring (bicyclic) bond motifs is 5. The Morgan fingerprint density at radius 3 is 2.17 bits per heavy atom. The van der Waals surface area contributed by atoms with E-state index in [1.807, 2.05) is 61.5 Å². The number of benzene rings is 4. The highest BCUT2D eigenvalue weighted by Gasteiger charge is 2.39. The number of hydrogen-bond donors (Lipinski definition) is 5. The van der Waals surface area contributed by atoms with E-state index < -0.39 is 42.1 Å². The monoisotopic (exact) mass is 797 g/mol. The van der Waals surface area contributed by atoms with Crippen LogP contribution in [0.15, 0.2) is 102 Å². The normalized spacial score (nSPS) is 14.9. The molecule has 58 heavy (non-hydrogen) atoms. The van der Waals surface area contributed by atoms with Gasteiger partial charge in [0.15, 0.2) is 0 Å². The summed E-state index contributed by atoms with van der Waals surface area (Å²) in [5.41, 5.74) is 13.8. The molecular weight excluding hydrogens is 755 g/mol. The number of carboxylic acid groups (broad SMARTS) is 1. The minimum atomic E-state index is -5.08. The zero-order valence-corrected chi connectivity index (χ0v) is 31.5. The molecule has 0 saturated carbocycles. The zero-order chi connectivity index (χ0) is 41.6. The van der Waals surface area contributed by atoms with E-state index in [2.05, 4.69) is 39.9 Å². The lowest BCUT2D eigenvalue weighted by Crippen LogP contribution is -2.56. The minimum Gasteiger partial charge on any atom is -0.475 e. The van der Waals surface area contributed by atoms with Crippen molar-refractivity contribution in [2.75, 3.05) is 18.5 Å². The predicted molar refractivity (Wildman–Crippen MR) is 211 cm³/mol. The van der Waals surface area contributed by atoms with Crippen LogP contribution < -0.4 is 21.9 Å². The Hall–Kier alpha value is -6.48. The highest BCUT2D eigenvalue weighted by atomic mass is 19.4. The van der Waals surface area contributed by atoms with E-state index in [0.29, 0.717) is 37.0 Å². The Labute approximate surface area is 331 Å². The summed E-state index contributed by atoms with van der Waals surface area (Å²) >= 11 is 0. The zero-order valence-electron chi connectivity index (χ0n) is 31.5. The minimum absolute atomic E-state index is 0.125. The summed E-state index contributed by atoms with van der Waals surface area (Å²) in [4.78, 5) is 67.1. The fourth-order valence-electron chi connectivity index (χ4n) is 7.40. The van der Waals surface area contributed by atoms with Gasteiger partial charge in [-0.25, -0.2) is 9.59 Å². The molecule has 2 aliphatic rings. The predicted octanol–water partition coefficient (Wildman–Crippen LogP) is 6.40. The van der Waals surface area contributed by atoms with Gasteiger partial charge in [-0.05, 0) is 83.8 Å². The quantitative estimate of drug-likeness (QED) is 0.101. The number of aromatic nitrogens is 1. The van der Waals surface area contributed by atoms with Crippen molar-refractivity contribution in [2.24, 2.45) is 5.73 Å². The van der Waals surface area contributed by atoms with Crippen LogP contribution in [0.2, 0.25) is 0 Å². The van der Waals surface area contributed by atoms with Crippen LogP contribution in [0.1, 0.15) is 53.0 Å². The number of hydrogen-bond acceptors (Lipinski definition) is 7. The first-order chi connectivity index (χ1) is 27.7. The van der Waals surface area contributed by atoms with Gasteiger partial charge in [0.1, 0.15) is 18.7 Å². The van der Waals surface area contributed by atoms with Crippen LogP contribution in [0.5, 0.6) is 0 Å². The number of aromatic amines is 1. The van der Waals surface area contributed by atoms with Crippen LogP contribution in [-0.4, -0.2) is 70.3 Å². The molecule has 4 aromatic carbocycles. The Morgan fingerprint density at radius 1 is 0.914 bits per heavy atom. The van der Waals surface area contributed by atoms with E-state index in [0.717, 1.165) is 44.3 Å². The van der Waals surface area contributed by atoms with Crippen molar-refractivity contribution in [2.45, 2.75) is 63.3 Å². The van der Waals surface area contributed by atoms with Crippen LogP contribution in [0.25, 0.3) is 22.0 Å². The van der Waals surface area contributed by atoms with Gasteiger partial charge in [0.2, 0.25) is 17.4 Å². The summed E-state index contributed by atoms with van der Waals surface area (Å²) in [6.07, 6.45) is -3.74. The third-order valence-electron chi connectivity index (χ3n) is 10.3. The molecule has 3 amide bonds. The number of aryl methyl sites for hydroxylation is 1. The summed E-state index contributed by atoms with van der Waals surface area (Å²) in [6, 6.07) is 29.1. The van der Waals surface area contributed by atoms with Crippen molar-refractivity contribution in [1.82, 2.24) is 15.2 Å². The van der Waals surface area contributed by atoms with Gasteiger partial charge in [0.25, 0.3) is 0 Å². The number of alkyl halides is 3. The summed E-state index contributed by atoms with van der Waals surface area (Å²) in [5.74, 6) is -3.73. The van der Waals surface area contributed by atoms with E-state index in [9.17, 15) is 32.3 Å². The maximum atomic E-state index is 14.2. The van der Waals surface area contributed by atoms with Gasteiger partial charge < -0.3 is 31.2 Å². The molecule has 15 heteroatoms. The number of amides is 3. The van der Waals surface area contributed by atoms with Crippen LogP contribution in [0.3, 0.4) is 0 Å². The number of nitrogens with two attached hydrogens (primary N) is 1. The number of halogens is 3. The van der Waals surface area contributed by atoms with Crippen molar-refractivity contribution < 1.29 is 42.2 Å². The number of ether oxygens (including phenoxy) is 1. The molecule has 0 unspecified atom stereocenters. The Balaban J connectivity index is 0.000000743. The van der Waals surface area contributed by atoms with E-state index in [1.165, 1.54) is 11.0 Å². The maximum absolute atomic E-state index is 14.2. The highest BCUT2D eigenvalue weighted by molar-refractivity contribution is 5.99. The van der Waals surface area contributed by atoms with E-state index in [1.54, 1.807) is 12.1 Å². The van der Waals surface area contributed by atoms with Gasteiger partial charge in [-0.15, -0.1) is 0 Å². The fourth-order valence-corrected chi connectivity index (χ4v) is 7.40. The molecule has 0 bridgehead atoms. The lowest BCUT2D eigenvalue weighted by Gasteiger charge is -2.36. The molecule has 0 radical (unpaired) electrons. The van der Waals surface area contributed by atoms with Crippen LogP contribution in [0.4, 0.5) is 23.7 Å². The number of nitrogens with zero attached hydrogens (tertiary/aromatic N) is 1. The number of aliphatic carboxylic acids is 1. The van der Waals surface area contributed by atoms with Crippen molar-refractivity contribution in [1.29, 1.82) is 0 Å². The number of pyridine rings is 1. The van der Waals surface area contributed by atoms with Gasteiger partial charge in [0, 0.05) is 29.5 Å². The number of rotatable bonds is 10. The van der Waals surface area contributed by atoms with Crippen LogP contribution in [0, 0.1) is 6.92 Å². The largest absolute Gasteiger partial charge is 0.490 e. The van der Waals surface area contributed by atoms with E-state index in [-0.39, 0.29) is 31.0 Å². The summed E-state index contributed by atoms with van der Waals surface area (Å²) in [5, 5.41) is 13.9. The lowest BCUT2D eigenvalue weighted by molar-refractivity contribution is -0.192. The third kappa shape index (κ3) is 9.37. The molecule has 5 aromatic rings. The highest BCUT2D eigenvalue weighted by Crippen LogP contribution is 2.44. The smallest absolute Gasteiger partial charge is 0.475 e. The summed E-state index contributed by atoms with van der Waals surface area (Å²) in [7, 11) is 0. The number of nitrogens with one attached hydrogen (secondary N) is 3. The molecule has 0 fully saturated rings. The molecule has 12 nitrogen and oxygen atoms in total. The second-order valence-electron chi connectivity index (χ2n) is 14.1. The molecule has 1 aromatic heterocycles. The number of carboxylic acids is 1. The Morgan fingerprint density at radius 2 is 1.53 bits per heavy atom.